The van der Waals surface area contributed by atoms with E-state index in [1.807, 2.05) is 5.38 Å². The Balaban J connectivity index is 1.78. The van der Waals surface area contributed by atoms with Crippen molar-refractivity contribution in [1.29, 1.82) is 0 Å². The highest BCUT2D eigenvalue weighted by Gasteiger charge is 2.28. The third kappa shape index (κ3) is 4.85. The normalized spacial score (nSPS) is 11.2. The Labute approximate surface area is 163 Å². The number of alkyl halides is 3. The third-order valence-corrected chi connectivity index (χ3v) is 6.05. The predicted molar refractivity (Wildman–Crippen MR) is 101 cm³/mol. The minimum Gasteiger partial charge on any atom is -0.507 e. The fraction of sp³-hybridized carbons (Fsp3) is 0.0588. The zero-order chi connectivity index (χ0) is 19.6. The van der Waals surface area contributed by atoms with Gasteiger partial charge >= 0.3 is 12.3 Å². The maximum absolute atomic E-state index is 12.4. The van der Waals surface area contributed by atoms with Crippen molar-refractivity contribution < 1.29 is 27.8 Å². The van der Waals surface area contributed by atoms with Crippen LogP contribution < -0.4 is 10.1 Å². The van der Waals surface area contributed by atoms with Crippen LogP contribution >= 0.6 is 32.9 Å². The molecule has 0 fully saturated rings. The maximum atomic E-state index is 12.4. The number of ether oxygens (including phenoxy) is 1. The van der Waals surface area contributed by atoms with Crippen molar-refractivity contribution in [3.63, 3.8) is 0 Å². The number of rotatable bonds is 4. The molecule has 0 spiro atoms. The van der Waals surface area contributed by atoms with E-state index in [9.17, 15) is 23.1 Å². The summed E-state index contributed by atoms with van der Waals surface area (Å²) in [5, 5.41) is 13.0. The van der Waals surface area contributed by atoms with Gasteiger partial charge in [-0.2, -0.15) is 13.2 Å². The molecule has 0 atom stereocenters. The van der Waals surface area contributed by atoms with Crippen LogP contribution in [0.15, 0.2) is 47.8 Å². The minimum absolute atomic E-state index is 0.183. The number of phenols is 1. The molecule has 2 aromatic carbocycles. The number of carbonyl (C=O) groups excluding carboxylic acids is 1. The first-order valence-corrected chi connectivity index (χ1v) is 9.93. The fourth-order valence-corrected chi connectivity index (χ4v) is 4.60. The monoisotopic (exact) mass is 429 g/mol. The van der Waals surface area contributed by atoms with Crippen LogP contribution in [0.3, 0.4) is 0 Å². The number of halogens is 3. The van der Waals surface area contributed by atoms with Gasteiger partial charge in [0.1, 0.15) is 20.9 Å². The molecule has 0 aliphatic carbocycles. The van der Waals surface area contributed by atoms with Gasteiger partial charge in [-0.15, -0.1) is 0 Å². The Hall–Kier alpha value is -2.43. The lowest BCUT2D eigenvalue weighted by Gasteiger charge is -2.12. The molecule has 0 bridgehead atoms. The molecule has 3 rings (SSSR count). The molecule has 0 aliphatic heterocycles. The van der Waals surface area contributed by atoms with E-state index in [-0.39, 0.29) is 17.0 Å². The van der Waals surface area contributed by atoms with Crippen LogP contribution in [-0.2, 0) is 0 Å². The van der Waals surface area contributed by atoms with Gasteiger partial charge in [-0.3, -0.25) is 5.32 Å². The number of phenolic OH excluding ortho intramolecular Hbond substituents is 1. The number of esters is 1. The van der Waals surface area contributed by atoms with Crippen molar-refractivity contribution in [2.45, 2.75) is 6.30 Å². The molecule has 10 heteroatoms. The average molecular weight is 429 g/mol. The van der Waals surface area contributed by atoms with Crippen LogP contribution in [0.5, 0.6) is 11.5 Å². The summed E-state index contributed by atoms with van der Waals surface area (Å²) >= 11 is 5.23. The second kappa shape index (κ2) is 7.67. The van der Waals surface area contributed by atoms with Crippen LogP contribution in [0.1, 0.15) is 10.4 Å². The number of anilines is 1. The van der Waals surface area contributed by atoms with Gasteiger partial charge in [0.05, 0.1) is 0 Å². The molecule has 0 unspecified atom stereocenters. The number of aromatic hydroxyl groups is 1. The molecule has 140 valence electrons. The highest BCUT2D eigenvalue weighted by molar-refractivity contribution is 7.79. The van der Waals surface area contributed by atoms with Gasteiger partial charge in [0.15, 0.2) is 0 Å². The molecule has 27 heavy (non-hydrogen) atoms. The molecular formula is C17H10F3NO3S3. The first-order chi connectivity index (χ1) is 12.7. The van der Waals surface area contributed by atoms with Gasteiger partial charge in [-0.1, -0.05) is 45.0 Å². The van der Waals surface area contributed by atoms with Crippen LogP contribution in [0, 0.1) is 3.82 Å². The molecular weight excluding hydrogens is 419 g/mol. The topological polar surface area (TPSA) is 58.6 Å². The average Bonchev–Trinajstić information content (AvgIpc) is 3.02. The molecule has 0 saturated heterocycles. The van der Waals surface area contributed by atoms with E-state index >= 15 is 0 Å². The van der Waals surface area contributed by atoms with Crippen LogP contribution in [0.2, 0.25) is 0 Å². The first-order valence-electron chi connectivity index (χ1n) is 7.31. The van der Waals surface area contributed by atoms with E-state index in [1.165, 1.54) is 26.0 Å². The molecule has 0 saturated carbocycles. The third-order valence-electron chi connectivity index (χ3n) is 3.39. The summed E-state index contributed by atoms with van der Waals surface area (Å²) in [4.78, 5) is 12.2. The van der Waals surface area contributed by atoms with Crippen LogP contribution in [0.4, 0.5) is 18.9 Å². The lowest BCUT2D eigenvalue weighted by atomic mass is 10.1. The van der Waals surface area contributed by atoms with E-state index in [1.54, 1.807) is 24.3 Å². The van der Waals surface area contributed by atoms with E-state index < -0.39 is 18.0 Å². The molecule has 1 heterocycles. The smallest absolute Gasteiger partial charge is 0.482 e. The zero-order valence-electron chi connectivity index (χ0n) is 13.2. The zero-order valence-corrected chi connectivity index (χ0v) is 15.7. The van der Waals surface area contributed by atoms with Gasteiger partial charge in [0.25, 0.3) is 0 Å². The van der Waals surface area contributed by atoms with E-state index in [0.29, 0.717) is 0 Å². The van der Waals surface area contributed by atoms with Gasteiger partial charge < -0.3 is 9.84 Å². The summed E-state index contributed by atoms with van der Waals surface area (Å²) in [6.45, 7) is 0. The summed E-state index contributed by atoms with van der Waals surface area (Å²) in [5.74, 6) is -1.28. The SMILES string of the molecule is O=C(Oc1ccc(-c2cssc2=S)cc1)c1cc(NC(F)(F)F)ccc1O. The summed E-state index contributed by atoms with van der Waals surface area (Å²) in [5.41, 5.74) is 0.984. The molecule has 2 N–H and O–H groups in total. The minimum atomic E-state index is -4.67. The Morgan fingerprint density at radius 2 is 1.85 bits per heavy atom. The van der Waals surface area contributed by atoms with Gasteiger partial charge in [-0.05, 0) is 35.9 Å². The summed E-state index contributed by atoms with van der Waals surface area (Å²) in [7, 11) is 2.99. The maximum Gasteiger partial charge on any atom is 0.482 e. The summed E-state index contributed by atoms with van der Waals surface area (Å²) < 4.78 is 43.1. The molecule has 3 aromatic rings. The van der Waals surface area contributed by atoms with E-state index in [0.717, 1.165) is 33.1 Å². The number of nitrogens with one attached hydrogen (secondary N) is 1. The predicted octanol–water partition coefficient (Wildman–Crippen LogP) is 6.06. The summed E-state index contributed by atoms with van der Waals surface area (Å²) in [6, 6.07) is 9.37. The van der Waals surface area contributed by atoms with Crippen molar-refractivity contribution in [3.05, 3.63) is 57.2 Å². The van der Waals surface area contributed by atoms with Crippen molar-refractivity contribution in [3.8, 4) is 22.6 Å². The molecule has 1 aromatic heterocycles. The van der Waals surface area contributed by atoms with Crippen molar-refractivity contribution in [2.24, 2.45) is 0 Å². The largest absolute Gasteiger partial charge is 0.507 e. The summed E-state index contributed by atoms with van der Waals surface area (Å²) in [6.07, 6.45) is -4.67. The highest BCUT2D eigenvalue weighted by Crippen LogP contribution is 2.30. The van der Waals surface area contributed by atoms with E-state index in [4.69, 9.17) is 17.0 Å². The molecule has 0 radical (unpaired) electrons. The second-order valence-electron chi connectivity index (χ2n) is 5.27. The Morgan fingerprint density at radius 3 is 2.44 bits per heavy atom. The quantitative estimate of drug-likeness (QED) is 0.132. The highest BCUT2D eigenvalue weighted by atomic mass is 32.9. The number of carbonyl (C=O) groups is 1. The van der Waals surface area contributed by atoms with Crippen molar-refractivity contribution in [2.75, 3.05) is 5.32 Å². The Morgan fingerprint density at radius 1 is 1.15 bits per heavy atom. The Kier molecular flexibility index (Phi) is 5.49. The van der Waals surface area contributed by atoms with Gasteiger partial charge in [0, 0.05) is 16.6 Å². The lowest BCUT2D eigenvalue weighted by molar-refractivity contribution is -0.0999. The lowest BCUT2D eigenvalue weighted by Crippen LogP contribution is -2.21. The molecule has 0 aliphatic rings. The van der Waals surface area contributed by atoms with Gasteiger partial charge in [-0.25, -0.2) is 4.79 Å². The fourth-order valence-electron chi connectivity index (χ4n) is 2.20. The van der Waals surface area contributed by atoms with Crippen LogP contribution in [0.25, 0.3) is 11.1 Å². The van der Waals surface area contributed by atoms with Gasteiger partial charge in [0.2, 0.25) is 0 Å². The Bertz CT molecular complexity index is 1030. The molecule has 0 amide bonds. The standard InChI is InChI=1S/C17H10F3NO3S3/c18-17(19,20)21-10-3-6-14(22)12(7-10)15(23)24-11-4-1-9(2-5-11)13-8-26-27-16(13)25/h1-8,21-22H. The first kappa shape index (κ1) is 19.3. The van der Waals surface area contributed by atoms with E-state index in [2.05, 4.69) is 0 Å². The number of hydrogen-bond acceptors (Lipinski definition) is 7. The van der Waals surface area contributed by atoms with Crippen molar-refractivity contribution >= 4 is 44.6 Å². The number of benzene rings is 2. The second-order valence-corrected chi connectivity index (χ2v) is 8.01. The molecule has 4 nitrogen and oxygen atoms in total. The van der Waals surface area contributed by atoms with Crippen molar-refractivity contribution in [1.82, 2.24) is 0 Å². The number of hydrogen-bond donors (Lipinski definition) is 2. The van der Waals surface area contributed by atoms with Crippen LogP contribution in [-0.4, -0.2) is 17.4 Å².